The standard InChI is InChI=1S/C12H15N3O2S.ClH/c13-7-11-4-2-6-15-12(11)18(16,17)9-10-3-1-5-14-8-10;/h2,4,6,10,14H,1,3,5,8-9H2;1H. The lowest BCUT2D eigenvalue weighted by molar-refractivity contribution is 0.403. The number of piperidine rings is 1. The molecule has 2 rings (SSSR count). The van der Waals surface area contributed by atoms with E-state index < -0.39 is 9.84 Å². The average Bonchev–Trinajstić information content (AvgIpc) is 2.39. The molecule has 0 saturated carbocycles. The van der Waals surface area contributed by atoms with Crippen molar-refractivity contribution in [3.63, 3.8) is 0 Å². The zero-order valence-corrected chi connectivity index (χ0v) is 12.0. The minimum absolute atomic E-state index is 0. The van der Waals surface area contributed by atoms with Gasteiger partial charge in [-0.3, -0.25) is 0 Å². The van der Waals surface area contributed by atoms with Gasteiger partial charge in [0.25, 0.3) is 0 Å². The van der Waals surface area contributed by atoms with Gasteiger partial charge in [-0.15, -0.1) is 12.4 Å². The average molecular weight is 302 g/mol. The van der Waals surface area contributed by atoms with Gasteiger partial charge in [-0.2, -0.15) is 5.26 Å². The fourth-order valence-electron chi connectivity index (χ4n) is 2.18. The molecule has 0 aromatic carbocycles. The predicted octanol–water partition coefficient (Wildman–Crippen LogP) is 1.15. The first-order valence-corrected chi connectivity index (χ1v) is 7.57. The van der Waals surface area contributed by atoms with E-state index in [0.29, 0.717) is 6.54 Å². The van der Waals surface area contributed by atoms with Crippen LogP contribution >= 0.6 is 12.4 Å². The molecule has 19 heavy (non-hydrogen) atoms. The Morgan fingerprint density at radius 2 is 2.32 bits per heavy atom. The van der Waals surface area contributed by atoms with Gasteiger partial charge in [0.2, 0.25) is 0 Å². The van der Waals surface area contributed by atoms with Gasteiger partial charge in [-0.1, -0.05) is 0 Å². The number of pyridine rings is 1. The van der Waals surface area contributed by atoms with E-state index in [4.69, 9.17) is 5.26 Å². The fraction of sp³-hybridized carbons (Fsp3) is 0.500. The first-order chi connectivity index (χ1) is 8.63. The molecule has 0 amide bonds. The fourth-order valence-corrected chi connectivity index (χ4v) is 3.91. The van der Waals surface area contributed by atoms with Gasteiger partial charge in [0.1, 0.15) is 6.07 Å². The van der Waals surface area contributed by atoms with Crippen LogP contribution in [0.4, 0.5) is 0 Å². The summed E-state index contributed by atoms with van der Waals surface area (Å²) in [6.07, 6.45) is 3.31. The monoisotopic (exact) mass is 301 g/mol. The lowest BCUT2D eigenvalue weighted by Gasteiger charge is -2.22. The van der Waals surface area contributed by atoms with Crippen molar-refractivity contribution in [1.29, 1.82) is 5.26 Å². The Kier molecular flexibility index (Phi) is 5.73. The van der Waals surface area contributed by atoms with E-state index in [-0.39, 0.29) is 34.7 Å². The van der Waals surface area contributed by atoms with Crippen molar-refractivity contribution in [3.8, 4) is 6.07 Å². The molecule has 1 unspecified atom stereocenters. The first kappa shape index (κ1) is 15.9. The molecule has 1 fully saturated rings. The second kappa shape index (κ2) is 6.85. The molecule has 1 aromatic heterocycles. The lowest BCUT2D eigenvalue weighted by Crippen LogP contribution is -2.34. The van der Waals surface area contributed by atoms with Gasteiger partial charge in [0.15, 0.2) is 14.9 Å². The molecule has 1 aliphatic rings. The van der Waals surface area contributed by atoms with Gasteiger partial charge in [0.05, 0.1) is 11.3 Å². The number of hydrogen-bond donors (Lipinski definition) is 1. The van der Waals surface area contributed by atoms with E-state index in [1.54, 1.807) is 6.07 Å². The SMILES string of the molecule is Cl.N#Cc1cccnc1S(=O)(=O)CC1CCCNC1. The molecular formula is C12H16ClN3O2S. The second-order valence-corrected chi connectivity index (χ2v) is 6.41. The van der Waals surface area contributed by atoms with Crippen LogP contribution in [0.1, 0.15) is 18.4 Å². The number of nitrogens with zero attached hydrogens (tertiary/aromatic N) is 2. The molecule has 1 aromatic rings. The Balaban J connectivity index is 0.00000180. The topological polar surface area (TPSA) is 82.8 Å². The number of aromatic nitrogens is 1. The largest absolute Gasteiger partial charge is 0.316 e. The van der Waals surface area contributed by atoms with Crippen LogP contribution < -0.4 is 5.32 Å². The van der Waals surface area contributed by atoms with Crippen LogP contribution in [-0.2, 0) is 9.84 Å². The summed E-state index contributed by atoms with van der Waals surface area (Å²) in [5.74, 6) is 0.170. The molecule has 1 saturated heterocycles. The normalized spacial score (nSPS) is 19.2. The quantitative estimate of drug-likeness (QED) is 0.905. The predicted molar refractivity (Wildman–Crippen MR) is 73.8 cm³/mol. The van der Waals surface area contributed by atoms with E-state index in [9.17, 15) is 8.42 Å². The summed E-state index contributed by atoms with van der Waals surface area (Å²) in [5.41, 5.74) is 0.126. The third-order valence-corrected chi connectivity index (χ3v) is 4.86. The Morgan fingerprint density at radius 3 is 2.95 bits per heavy atom. The van der Waals surface area contributed by atoms with Crippen LogP contribution in [0.3, 0.4) is 0 Å². The summed E-state index contributed by atoms with van der Waals surface area (Å²) in [6, 6.07) is 4.94. The molecule has 5 nitrogen and oxygen atoms in total. The molecule has 104 valence electrons. The molecule has 1 N–H and O–H groups in total. The van der Waals surface area contributed by atoms with Crippen molar-refractivity contribution in [2.45, 2.75) is 17.9 Å². The summed E-state index contributed by atoms with van der Waals surface area (Å²) in [4.78, 5) is 3.86. The third-order valence-electron chi connectivity index (χ3n) is 3.04. The Bertz CT molecular complexity index is 563. The van der Waals surface area contributed by atoms with Crippen LogP contribution in [0.15, 0.2) is 23.4 Å². The van der Waals surface area contributed by atoms with Gasteiger partial charge in [-0.05, 0) is 44.0 Å². The molecule has 0 bridgehead atoms. The Labute approximate surface area is 119 Å². The lowest BCUT2D eigenvalue weighted by atomic mass is 10.0. The zero-order chi connectivity index (χ0) is 13.0. The van der Waals surface area contributed by atoms with E-state index in [0.717, 1.165) is 19.4 Å². The summed E-state index contributed by atoms with van der Waals surface area (Å²) in [5, 5.41) is 12.0. The van der Waals surface area contributed by atoms with Crippen molar-refractivity contribution in [1.82, 2.24) is 10.3 Å². The molecule has 2 heterocycles. The van der Waals surface area contributed by atoms with Crippen molar-refractivity contribution in [2.24, 2.45) is 5.92 Å². The maximum absolute atomic E-state index is 12.2. The molecule has 1 aliphatic heterocycles. The first-order valence-electron chi connectivity index (χ1n) is 5.92. The van der Waals surface area contributed by atoms with Crippen LogP contribution in [-0.4, -0.2) is 32.2 Å². The highest BCUT2D eigenvalue weighted by Gasteiger charge is 2.26. The van der Waals surface area contributed by atoms with Crippen LogP contribution in [0.5, 0.6) is 0 Å². The number of rotatable bonds is 3. The van der Waals surface area contributed by atoms with Crippen molar-refractivity contribution in [2.75, 3.05) is 18.8 Å². The van der Waals surface area contributed by atoms with Gasteiger partial charge < -0.3 is 5.32 Å². The van der Waals surface area contributed by atoms with E-state index in [1.165, 1.54) is 12.3 Å². The van der Waals surface area contributed by atoms with Crippen LogP contribution in [0.2, 0.25) is 0 Å². The van der Waals surface area contributed by atoms with E-state index >= 15 is 0 Å². The number of nitriles is 1. The van der Waals surface area contributed by atoms with Gasteiger partial charge >= 0.3 is 0 Å². The minimum Gasteiger partial charge on any atom is -0.316 e. The molecule has 1 atom stereocenters. The summed E-state index contributed by atoms with van der Waals surface area (Å²) in [7, 11) is -3.48. The van der Waals surface area contributed by atoms with Crippen LogP contribution in [0, 0.1) is 17.2 Å². The van der Waals surface area contributed by atoms with Gasteiger partial charge in [0, 0.05) is 6.20 Å². The van der Waals surface area contributed by atoms with E-state index in [1.807, 2.05) is 6.07 Å². The van der Waals surface area contributed by atoms with E-state index in [2.05, 4.69) is 10.3 Å². The Morgan fingerprint density at radius 1 is 1.53 bits per heavy atom. The molecule has 0 aliphatic carbocycles. The van der Waals surface area contributed by atoms with Crippen LogP contribution in [0.25, 0.3) is 0 Å². The highest BCUT2D eigenvalue weighted by molar-refractivity contribution is 7.91. The maximum Gasteiger partial charge on any atom is 0.197 e. The van der Waals surface area contributed by atoms with Crippen molar-refractivity contribution in [3.05, 3.63) is 23.9 Å². The molecule has 0 radical (unpaired) electrons. The molecule has 7 heteroatoms. The van der Waals surface area contributed by atoms with Gasteiger partial charge in [-0.25, -0.2) is 13.4 Å². The number of nitrogens with one attached hydrogen (secondary N) is 1. The second-order valence-electron chi connectivity index (χ2n) is 4.46. The van der Waals surface area contributed by atoms with Crippen molar-refractivity contribution >= 4 is 22.2 Å². The summed E-state index contributed by atoms with van der Waals surface area (Å²) >= 11 is 0. The Hall–Kier alpha value is -1.16. The minimum atomic E-state index is -3.48. The number of halogens is 1. The number of hydrogen-bond acceptors (Lipinski definition) is 5. The maximum atomic E-state index is 12.2. The van der Waals surface area contributed by atoms with Crippen molar-refractivity contribution < 1.29 is 8.42 Å². The molecule has 0 spiro atoms. The smallest absolute Gasteiger partial charge is 0.197 e. The highest BCUT2D eigenvalue weighted by Crippen LogP contribution is 2.19. The summed E-state index contributed by atoms with van der Waals surface area (Å²) in [6.45, 7) is 1.66. The third kappa shape index (κ3) is 3.90. The number of sulfone groups is 1. The summed E-state index contributed by atoms with van der Waals surface area (Å²) < 4.78 is 24.5. The zero-order valence-electron chi connectivity index (χ0n) is 10.4. The molecular weight excluding hydrogens is 286 g/mol. The highest BCUT2D eigenvalue weighted by atomic mass is 35.5.